The summed E-state index contributed by atoms with van der Waals surface area (Å²) in [6, 6.07) is 4.25. The Morgan fingerprint density at radius 3 is 2.06 bits per heavy atom. The minimum Gasteiger partial charge on any atom is -0.507 e. The molecule has 2 N–H and O–H groups in total. The van der Waals surface area contributed by atoms with E-state index in [4.69, 9.17) is 23.7 Å². The maximum absolute atomic E-state index is 12.7. The van der Waals surface area contributed by atoms with E-state index in [1.807, 2.05) is 0 Å². The first-order valence-corrected chi connectivity index (χ1v) is 9.89. The van der Waals surface area contributed by atoms with Crippen LogP contribution in [0.4, 0.5) is 0 Å². The number of esters is 4. The van der Waals surface area contributed by atoms with Crippen molar-refractivity contribution in [2.45, 2.75) is 58.3 Å². The van der Waals surface area contributed by atoms with E-state index in [0.717, 1.165) is 20.8 Å². The fraction of sp³-hybridized carbons (Fsp3) is 0.476. The highest BCUT2D eigenvalue weighted by Gasteiger charge is 2.52. The van der Waals surface area contributed by atoms with Crippen LogP contribution in [-0.4, -0.2) is 72.1 Å². The van der Waals surface area contributed by atoms with Crippen LogP contribution in [0.2, 0.25) is 0 Å². The molecule has 12 nitrogen and oxygen atoms in total. The molecule has 2 rings (SSSR count). The predicted octanol–water partition coefficient (Wildman–Crippen LogP) is 0.205. The van der Waals surface area contributed by atoms with E-state index in [-0.39, 0.29) is 11.3 Å². The summed E-state index contributed by atoms with van der Waals surface area (Å²) >= 11 is 0. The van der Waals surface area contributed by atoms with Gasteiger partial charge >= 0.3 is 23.9 Å². The van der Waals surface area contributed by atoms with Gasteiger partial charge in [0.05, 0.1) is 0 Å². The van der Waals surface area contributed by atoms with Crippen molar-refractivity contribution >= 4 is 29.8 Å². The Morgan fingerprint density at radius 1 is 0.909 bits per heavy atom. The maximum atomic E-state index is 12.7. The van der Waals surface area contributed by atoms with Crippen molar-refractivity contribution in [2.24, 2.45) is 0 Å². The van der Waals surface area contributed by atoms with Crippen molar-refractivity contribution in [3.8, 4) is 5.75 Å². The second-order valence-corrected chi connectivity index (χ2v) is 7.14. The van der Waals surface area contributed by atoms with E-state index in [1.54, 1.807) is 0 Å². The van der Waals surface area contributed by atoms with E-state index < -0.39 is 67.0 Å². The number of ether oxygens (including phenoxy) is 5. The number of rotatable bonds is 7. The van der Waals surface area contributed by atoms with Gasteiger partial charge in [-0.15, -0.1) is 0 Å². The molecule has 1 fully saturated rings. The lowest BCUT2D eigenvalue weighted by Crippen LogP contribution is -2.66. The zero-order valence-electron chi connectivity index (χ0n) is 18.4. The molecule has 0 radical (unpaired) electrons. The van der Waals surface area contributed by atoms with Crippen LogP contribution in [0, 0.1) is 0 Å². The molecule has 0 spiro atoms. The lowest BCUT2D eigenvalue weighted by molar-refractivity contribution is -0.263. The largest absolute Gasteiger partial charge is 0.507 e. The van der Waals surface area contributed by atoms with Crippen molar-refractivity contribution in [2.75, 3.05) is 6.61 Å². The van der Waals surface area contributed by atoms with Crippen molar-refractivity contribution in [3.63, 3.8) is 0 Å². The lowest BCUT2D eigenvalue weighted by Gasteiger charge is -2.44. The fourth-order valence-electron chi connectivity index (χ4n) is 3.21. The molecule has 1 aliphatic rings. The molecular formula is C21H25NO11. The van der Waals surface area contributed by atoms with E-state index >= 15 is 0 Å². The highest BCUT2D eigenvalue weighted by molar-refractivity contribution is 5.92. The van der Waals surface area contributed by atoms with Crippen LogP contribution in [-0.2, 0) is 42.9 Å². The summed E-state index contributed by atoms with van der Waals surface area (Å²) in [7, 11) is 0. The first-order chi connectivity index (χ1) is 15.5. The minimum absolute atomic E-state index is 0.189. The molecule has 180 valence electrons. The zero-order valence-corrected chi connectivity index (χ0v) is 18.4. The SMILES string of the molecule is CC(=O)N[C@@H]1[C@@H](OC(=O)c2ccccc2O)O[C@@H](COC(C)=O)[C@@H](OC(C)=O)[C@H]1OC(C)=O. The second kappa shape index (κ2) is 11.3. The number of nitrogens with one attached hydrogen (secondary N) is 1. The summed E-state index contributed by atoms with van der Waals surface area (Å²) in [5.41, 5.74) is -0.189. The minimum atomic E-state index is -1.57. The molecule has 5 atom stereocenters. The molecule has 0 bridgehead atoms. The molecule has 33 heavy (non-hydrogen) atoms. The molecule has 1 aromatic rings. The van der Waals surface area contributed by atoms with Gasteiger partial charge in [-0.2, -0.15) is 0 Å². The molecule has 1 heterocycles. The Kier molecular flexibility index (Phi) is 8.74. The molecule has 0 unspecified atom stereocenters. The van der Waals surface area contributed by atoms with E-state index in [9.17, 15) is 29.1 Å². The fourth-order valence-corrected chi connectivity index (χ4v) is 3.21. The number of para-hydroxylation sites is 1. The van der Waals surface area contributed by atoms with Gasteiger partial charge in [0, 0.05) is 27.7 Å². The summed E-state index contributed by atoms with van der Waals surface area (Å²) in [4.78, 5) is 59.4. The molecule has 0 aliphatic carbocycles. The maximum Gasteiger partial charge on any atom is 0.344 e. The van der Waals surface area contributed by atoms with Gasteiger partial charge in [0.2, 0.25) is 12.2 Å². The number of carbonyl (C=O) groups is 5. The Balaban J connectivity index is 2.45. The van der Waals surface area contributed by atoms with E-state index in [1.165, 1.54) is 31.2 Å². The standard InChI is InChI=1S/C21H25NO11/c1-10(23)22-17-19(31-13(4)26)18(30-12(3)25)16(9-29-11(2)24)32-21(17)33-20(28)14-7-5-6-8-15(14)27/h5-8,16-19,21,27H,9H2,1-4H3,(H,22,23)/t16-,17-,18+,19-,21+/m0/s1. The van der Waals surface area contributed by atoms with E-state index in [2.05, 4.69) is 5.32 Å². The van der Waals surface area contributed by atoms with Crippen LogP contribution in [0.1, 0.15) is 38.1 Å². The van der Waals surface area contributed by atoms with Crippen LogP contribution >= 0.6 is 0 Å². The van der Waals surface area contributed by atoms with Crippen molar-refractivity contribution < 1.29 is 52.8 Å². The van der Waals surface area contributed by atoms with Crippen LogP contribution in [0.25, 0.3) is 0 Å². The molecule has 1 aromatic carbocycles. The third-order valence-corrected chi connectivity index (χ3v) is 4.42. The normalized spacial score (nSPS) is 24.2. The van der Waals surface area contributed by atoms with Gasteiger partial charge in [0.15, 0.2) is 12.2 Å². The van der Waals surface area contributed by atoms with Gasteiger partial charge in [0.25, 0.3) is 0 Å². The number of carbonyl (C=O) groups excluding carboxylic acids is 5. The molecule has 1 saturated heterocycles. The van der Waals surface area contributed by atoms with Crippen LogP contribution in [0.3, 0.4) is 0 Å². The topological polar surface area (TPSA) is 164 Å². The molecule has 1 amide bonds. The van der Waals surface area contributed by atoms with Gasteiger partial charge in [0.1, 0.15) is 30.1 Å². The number of amides is 1. The first-order valence-electron chi connectivity index (χ1n) is 9.89. The summed E-state index contributed by atoms with van der Waals surface area (Å²) in [5, 5.41) is 12.4. The highest BCUT2D eigenvalue weighted by atomic mass is 16.7. The van der Waals surface area contributed by atoms with Gasteiger partial charge in [-0.05, 0) is 12.1 Å². The molecule has 0 aromatic heterocycles. The Morgan fingerprint density at radius 2 is 1.52 bits per heavy atom. The number of hydrogen-bond acceptors (Lipinski definition) is 11. The van der Waals surface area contributed by atoms with Crippen LogP contribution in [0.15, 0.2) is 24.3 Å². The first kappa shape index (κ1) is 25.6. The van der Waals surface area contributed by atoms with Gasteiger partial charge in [-0.3, -0.25) is 19.2 Å². The van der Waals surface area contributed by atoms with Crippen LogP contribution in [0.5, 0.6) is 5.75 Å². The van der Waals surface area contributed by atoms with Crippen molar-refractivity contribution in [3.05, 3.63) is 29.8 Å². The van der Waals surface area contributed by atoms with Gasteiger partial charge < -0.3 is 34.1 Å². The predicted molar refractivity (Wildman–Crippen MR) is 108 cm³/mol. The number of benzene rings is 1. The lowest BCUT2D eigenvalue weighted by atomic mass is 9.96. The quantitative estimate of drug-likeness (QED) is 0.416. The summed E-state index contributed by atoms with van der Waals surface area (Å²) in [5.74, 6) is -4.18. The molecule has 1 aliphatic heterocycles. The smallest absolute Gasteiger partial charge is 0.344 e. The summed E-state index contributed by atoms with van der Waals surface area (Å²) in [6.45, 7) is 4.06. The zero-order chi connectivity index (χ0) is 24.7. The van der Waals surface area contributed by atoms with Crippen molar-refractivity contribution in [1.82, 2.24) is 5.32 Å². The molecule has 0 saturated carbocycles. The van der Waals surface area contributed by atoms with Gasteiger partial charge in [-0.25, -0.2) is 4.79 Å². The third kappa shape index (κ3) is 7.17. The van der Waals surface area contributed by atoms with Crippen molar-refractivity contribution in [1.29, 1.82) is 0 Å². The number of phenols is 1. The Labute approximate surface area is 189 Å². The molecule has 12 heteroatoms. The average Bonchev–Trinajstić information content (AvgIpc) is 2.70. The monoisotopic (exact) mass is 467 g/mol. The summed E-state index contributed by atoms with van der Waals surface area (Å²) in [6.07, 6.45) is -5.48. The number of aromatic hydroxyl groups is 1. The Bertz CT molecular complexity index is 915. The molecular weight excluding hydrogens is 442 g/mol. The Hall–Kier alpha value is -3.67. The highest BCUT2D eigenvalue weighted by Crippen LogP contribution is 2.29. The average molecular weight is 467 g/mol. The van der Waals surface area contributed by atoms with Crippen LogP contribution < -0.4 is 5.32 Å². The van der Waals surface area contributed by atoms with Gasteiger partial charge in [-0.1, -0.05) is 12.1 Å². The third-order valence-electron chi connectivity index (χ3n) is 4.42. The number of phenolic OH excluding ortho intramolecular Hbond substituents is 1. The number of hydrogen-bond donors (Lipinski definition) is 2. The summed E-state index contributed by atoms with van der Waals surface area (Å²) < 4.78 is 26.6. The van der Waals surface area contributed by atoms with E-state index in [0.29, 0.717) is 0 Å². The second-order valence-electron chi connectivity index (χ2n) is 7.14.